The van der Waals surface area contributed by atoms with Crippen molar-refractivity contribution in [3.63, 3.8) is 0 Å². The molecule has 2 rings (SSSR count). The zero-order valence-corrected chi connectivity index (χ0v) is 12.6. The first-order chi connectivity index (χ1) is 10.6. The van der Waals surface area contributed by atoms with Gasteiger partial charge in [0.15, 0.2) is 11.5 Å². The van der Waals surface area contributed by atoms with Crippen molar-refractivity contribution in [1.82, 2.24) is 0 Å². The number of aliphatic hydroxyl groups excluding tert-OH is 1. The minimum Gasteiger partial charge on any atom is -0.508 e. The largest absolute Gasteiger partial charge is 0.508 e. The third kappa shape index (κ3) is 3.32. The van der Waals surface area contributed by atoms with E-state index in [4.69, 9.17) is 9.47 Å². The van der Waals surface area contributed by atoms with E-state index in [9.17, 15) is 15.3 Å². The molecule has 0 heterocycles. The number of aromatic hydroxyl groups is 2. The van der Waals surface area contributed by atoms with E-state index in [1.165, 1.54) is 7.11 Å². The van der Waals surface area contributed by atoms with Crippen LogP contribution >= 0.6 is 0 Å². The van der Waals surface area contributed by atoms with Gasteiger partial charge in [-0.05, 0) is 35.4 Å². The molecule has 0 spiro atoms. The van der Waals surface area contributed by atoms with Gasteiger partial charge < -0.3 is 24.8 Å². The summed E-state index contributed by atoms with van der Waals surface area (Å²) in [7, 11) is 3.04. The highest BCUT2D eigenvalue weighted by atomic mass is 16.5. The molecule has 0 saturated carbocycles. The van der Waals surface area contributed by atoms with E-state index in [2.05, 4.69) is 0 Å². The van der Waals surface area contributed by atoms with E-state index < -0.39 is 6.10 Å². The highest BCUT2D eigenvalue weighted by Crippen LogP contribution is 2.37. The van der Waals surface area contributed by atoms with Crippen molar-refractivity contribution in [1.29, 1.82) is 0 Å². The normalized spacial score (nSPS) is 13.6. The molecule has 3 N–H and O–H groups in total. The number of ether oxygens (including phenoxy) is 2. The van der Waals surface area contributed by atoms with Crippen LogP contribution in [0.5, 0.6) is 17.2 Å². The highest BCUT2D eigenvalue weighted by molar-refractivity contribution is 5.43. The maximum absolute atomic E-state index is 9.92. The number of phenolic OH excluding ortho intramolecular Hbond substituents is 2. The van der Waals surface area contributed by atoms with Crippen molar-refractivity contribution in [2.24, 2.45) is 0 Å². The molecule has 0 amide bonds. The summed E-state index contributed by atoms with van der Waals surface area (Å²) >= 11 is 0. The summed E-state index contributed by atoms with van der Waals surface area (Å²) < 4.78 is 10.6. The number of aliphatic hydroxyl groups is 1. The molecule has 0 aromatic heterocycles. The first-order valence-corrected chi connectivity index (χ1v) is 6.90. The van der Waals surface area contributed by atoms with Crippen LogP contribution in [0.3, 0.4) is 0 Å². The smallest absolute Gasteiger partial charge is 0.160 e. The van der Waals surface area contributed by atoms with E-state index in [-0.39, 0.29) is 24.0 Å². The monoisotopic (exact) mass is 304 g/mol. The molecular formula is C17H20O5. The Labute approximate surface area is 129 Å². The van der Waals surface area contributed by atoms with Crippen LogP contribution < -0.4 is 4.74 Å². The number of rotatable bonds is 6. The zero-order valence-electron chi connectivity index (χ0n) is 12.6. The Hall–Kier alpha value is -2.24. The lowest BCUT2D eigenvalue weighted by Gasteiger charge is -2.25. The van der Waals surface area contributed by atoms with E-state index in [1.54, 1.807) is 49.6 Å². The maximum atomic E-state index is 9.92. The molecule has 5 nitrogen and oxygen atoms in total. The van der Waals surface area contributed by atoms with Crippen LogP contribution in [-0.4, -0.2) is 36.1 Å². The van der Waals surface area contributed by atoms with Crippen LogP contribution in [0.15, 0.2) is 42.5 Å². The van der Waals surface area contributed by atoms with Crippen molar-refractivity contribution in [3.8, 4) is 17.2 Å². The third-order valence-electron chi connectivity index (χ3n) is 3.67. The van der Waals surface area contributed by atoms with Crippen molar-refractivity contribution in [2.75, 3.05) is 20.8 Å². The molecule has 0 aliphatic heterocycles. The summed E-state index contributed by atoms with van der Waals surface area (Å²) in [5.41, 5.74) is 1.57. The van der Waals surface area contributed by atoms with E-state index >= 15 is 0 Å². The Kier molecular flexibility index (Phi) is 5.25. The fraction of sp³-hybridized carbons (Fsp3) is 0.294. The fourth-order valence-electron chi connectivity index (χ4n) is 2.51. The van der Waals surface area contributed by atoms with E-state index in [0.717, 1.165) is 11.1 Å². The molecule has 0 saturated heterocycles. The molecule has 118 valence electrons. The summed E-state index contributed by atoms with van der Waals surface area (Å²) in [4.78, 5) is 0. The van der Waals surface area contributed by atoms with E-state index in [1.807, 2.05) is 0 Å². The summed E-state index contributed by atoms with van der Waals surface area (Å²) in [5.74, 6) is 0.200. The summed E-state index contributed by atoms with van der Waals surface area (Å²) in [6, 6.07) is 11.6. The molecule has 0 radical (unpaired) electrons. The number of hydrogen-bond acceptors (Lipinski definition) is 5. The van der Waals surface area contributed by atoms with Crippen LogP contribution in [0.4, 0.5) is 0 Å². The lowest BCUT2D eigenvalue weighted by Crippen LogP contribution is -2.17. The van der Waals surface area contributed by atoms with Gasteiger partial charge in [0.25, 0.3) is 0 Å². The minimum absolute atomic E-state index is 0.0130. The molecule has 0 fully saturated rings. The highest BCUT2D eigenvalue weighted by Gasteiger charge is 2.25. The first-order valence-electron chi connectivity index (χ1n) is 6.90. The van der Waals surface area contributed by atoms with Crippen molar-refractivity contribution >= 4 is 0 Å². The second kappa shape index (κ2) is 7.15. The van der Waals surface area contributed by atoms with Crippen LogP contribution in [0.2, 0.25) is 0 Å². The SMILES string of the molecule is COc1ccc([C@H](CO)[C@H](OC)c2ccc(O)cc2)cc1O. The van der Waals surface area contributed by atoms with Crippen molar-refractivity contribution < 1.29 is 24.8 Å². The summed E-state index contributed by atoms with van der Waals surface area (Å²) in [5, 5.41) is 29.1. The minimum atomic E-state index is -0.404. The van der Waals surface area contributed by atoms with Gasteiger partial charge in [0, 0.05) is 13.0 Å². The number of hydrogen-bond donors (Lipinski definition) is 3. The van der Waals surface area contributed by atoms with Gasteiger partial charge in [0.1, 0.15) is 5.75 Å². The quantitative estimate of drug-likeness (QED) is 0.764. The lowest BCUT2D eigenvalue weighted by atomic mass is 9.89. The molecule has 0 unspecified atom stereocenters. The Morgan fingerprint density at radius 3 is 2.09 bits per heavy atom. The number of phenols is 2. The van der Waals surface area contributed by atoms with Gasteiger partial charge in [0.2, 0.25) is 0 Å². The van der Waals surface area contributed by atoms with Crippen molar-refractivity contribution in [2.45, 2.75) is 12.0 Å². The molecule has 22 heavy (non-hydrogen) atoms. The molecular weight excluding hydrogens is 284 g/mol. The Morgan fingerprint density at radius 1 is 0.955 bits per heavy atom. The molecule has 2 aromatic rings. The maximum Gasteiger partial charge on any atom is 0.160 e. The van der Waals surface area contributed by atoms with Gasteiger partial charge in [-0.25, -0.2) is 0 Å². The molecule has 0 bridgehead atoms. The molecule has 2 aromatic carbocycles. The molecule has 0 aliphatic rings. The van der Waals surface area contributed by atoms with E-state index in [0.29, 0.717) is 5.75 Å². The average molecular weight is 304 g/mol. The van der Waals surface area contributed by atoms with Crippen LogP contribution in [0.25, 0.3) is 0 Å². The predicted molar refractivity (Wildman–Crippen MR) is 82.3 cm³/mol. The summed E-state index contributed by atoms with van der Waals surface area (Å²) in [6.45, 7) is -0.148. The fourth-order valence-corrected chi connectivity index (χ4v) is 2.51. The van der Waals surface area contributed by atoms with Crippen LogP contribution in [0, 0.1) is 0 Å². The zero-order chi connectivity index (χ0) is 16.1. The van der Waals surface area contributed by atoms with Crippen LogP contribution in [-0.2, 0) is 4.74 Å². The molecule has 5 heteroatoms. The van der Waals surface area contributed by atoms with Gasteiger partial charge >= 0.3 is 0 Å². The Bertz CT molecular complexity index is 609. The number of benzene rings is 2. The summed E-state index contributed by atoms with van der Waals surface area (Å²) in [6.07, 6.45) is -0.404. The first kappa shape index (κ1) is 16.1. The number of methoxy groups -OCH3 is 2. The van der Waals surface area contributed by atoms with Gasteiger partial charge in [-0.15, -0.1) is 0 Å². The second-order valence-corrected chi connectivity index (χ2v) is 4.97. The third-order valence-corrected chi connectivity index (χ3v) is 3.67. The topological polar surface area (TPSA) is 79.2 Å². The standard InChI is InChI=1S/C17H20O5/c1-21-16-8-5-12(9-15(16)20)14(10-18)17(22-2)11-3-6-13(19)7-4-11/h3-9,14,17-20H,10H2,1-2H3/t14-,17+/m0/s1. The Morgan fingerprint density at radius 2 is 1.59 bits per heavy atom. The Balaban J connectivity index is 2.36. The lowest BCUT2D eigenvalue weighted by molar-refractivity contribution is 0.0565. The average Bonchev–Trinajstić information content (AvgIpc) is 2.53. The molecule has 2 atom stereocenters. The van der Waals surface area contributed by atoms with Gasteiger partial charge in [0.05, 0.1) is 19.8 Å². The van der Waals surface area contributed by atoms with Gasteiger partial charge in [-0.3, -0.25) is 0 Å². The molecule has 0 aliphatic carbocycles. The van der Waals surface area contributed by atoms with Gasteiger partial charge in [-0.1, -0.05) is 18.2 Å². The second-order valence-electron chi connectivity index (χ2n) is 4.97. The van der Waals surface area contributed by atoms with Crippen molar-refractivity contribution in [3.05, 3.63) is 53.6 Å². The van der Waals surface area contributed by atoms with Gasteiger partial charge in [-0.2, -0.15) is 0 Å². The van der Waals surface area contributed by atoms with Crippen LogP contribution in [0.1, 0.15) is 23.1 Å². The predicted octanol–water partition coefficient (Wildman–Crippen LogP) is 2.57.